The molecule has 2 heterocycles. The molecule has 164 valence electrons. The molecule has 2 aromatic carbocycles. The van der Waals surface area contributed by atoms with Crippen LogP contribution in [0.2, 0.25) is 0 Å². The number of rotatable bonds is 6. The maximum absolute atomic E-state index is 13.5. The first kappa shape index (κ1) is 21.8. The fourth-order valence-corrected chi connectivity index (χ4v) is 5.29. The molecular formula is C24H22FN3O3S. The molecule has 4 aromatic rings. The van der Waals surface area contributed by atoms with Gasteiger partial charge in [0.05, 0.1) is 29.0 Å². The number of benzene rings is 2. The molecule has 0 amide bonds. The van der Waals surface area contributed by atoms with E-state index >= 15 is 0 Å². The highest BCUT2D eigenvalue weighted by atomic mass is 32.2. The lowest BCUT2D eigenvalue weighted by Crippen LogP contribution is -2.08. The van der Waals surface area contributed by atoms with Crippen LogP contribution < -0.4 is 4.74 Å². The highest BCUT2D eigenvalue weighted by molar-refractivity contribution is 7.90. The maximum Gasteiger partial charge on any atom is 0.309 e. The molecule has 0 radical (unpaired) electrons. The van der Waals surface area contributed by atoms with Gasteiger partial charge in [0.1, 0.15) is 0 Å². The van der Waals surface area contributed by atoms with Crippen LogP contribution in [0.15, 0.2) is 59.6 Å². The van der Waals surface area contributed by atoms with Crippen LogP contribution in [0.25, 0.3) is 22.0 Å². The molecule has 0 unspecified atom stereocenters. The summed E-state index contributed by atoms with van der Waals surface area (Å²) in [6.45, 7) is 3.73. The lowest BCUT2D eigenvalue weighted by atomic mass is 9.99. The van der Waals surface area contributed by atoms with Crippen molar-refractivity contribution in [3.05, 3.63) is 77.6 Å². The topological polar surface area (TPSA) is 82.0 Å². The maximum atomic E-state index is 13.5. The molecule has 0 aliphatic rings. The van der Waals surface area contributed by atoms with Crippen molar-refractivity contribution in [1.82, 2.24) is 15.0 Å². The minimum absolute atomic E-state index is 0.237. The zero-order chi connectivity index (χ0) is 22.9. The monoisotopic (exact) mass is 451 g/mol. The van der Waals surface area contributed by atoms with Gasteiger partial charge in [-0.2, -0.15) is 4.39 Å². The van der Waals surface area contributed by atoms with Crippen molar-refractivity contribution < 1.29 is 17.5 Å². The molecule has 2 aromatic heterocycles. The Morgan fingerprint density at radius 1 is 1.06 bits per heavy atom. The summed E-state index contributed by atoms with van der Waals surface area (Å²) in [5.41, 5.74) is 4.02. The van der Waals surface area contributed by atoms with E-state index in [1.807, 2.05) is 19.1 Å². The van der Waals surface area contributed by atoms with E-state index in [0.717, 1.165) is 11.1 Å². The molecule has 0 saturated heterocycles. The van der Waals surface area contributed by atoms with Gasteiger partial charge < -0.3 is 4.74 Å². The predicted molar refractivity (Wildman–Crippen MR) is 121 cm³/mol. The first-order valence-corrected chi connectivity index (χ1v) is 11.8. The van der Waals surface area contributed by atoms with Crippen LogP contribution in [0.1, 0.15) is 23.7 Å². The molecule has 0 atom stereocenters. The van der Waals surface area contributed by atoms with Gasteiger partial charge in [-0.25, -0.2) is 23.4 Å². The Morgan fingerprint density at radius 2 is 1.84 bits per heavy atom. The Hall–Kier alpha value is -3.39. The van der Waals surface area contributed by atoms with Crippen molar-refractivity contribution in [3.63, 3.8) is 0 Å². The largest absolute Gasteiger partial charge is 0.481 e. The molecule has 0 fully saturated rings. The third-order valence-electron chi connectivity index (χ3n) is 5.30. The van der Waals surface area contributed by atoms with E-state index in [2.05, 4.69) is 15.0 Å². The van der Waals surface area contributed by atoms with Crippen LogP contribution in [0.4, 0.5) is 4.39 Å². The van der Waals surface area contributed by atoms with E-state index in [1.54, 1.807) is 43.3 Å². The molecule has 0 aliphatic carbocycles. The van der Waals surface area contributed by atoms with Gasteiger partial charge in [0.25, 0.3) is 0 Å². The number of halogens is 1. The van der Waals surface area contributed by atoms with Gasteiger partial charge in [-0.3, -0.25) is 0 Å². The normalized spacial score (nSPS) is 11.6. The van der Waals surface area contributed by atoms with E-state index in [9.17, 15) is 12.8 Å². The van der Waals surface area contributed by atoms with Crippen LogP contribution >= 0.6 is 0 Å². The third-order valence-corrected chi connectivity index (χ3v) is 7.11. The van der Waals surface area contributed by atoms with Gasteiger partial charge >= 0.3 is 6.08 Å². The number of aromatic nitrogens is 3. The van der Waals surface area contributed by atoms with Crippen molar-refractivity contribution in [2.75, 3.05) is 7.11 Å². The lowest BCUT2D eigenvalue weighted by molar-refractivity contribution is 0.398. The number of sulfone groups is 1. The average Bonchev–Trinajstić information content (AvgIpc) is 2.78. The van der Waals surface area contributed by atoms with Gasteiger partial charge in [0.2, 0.25) is 5.88 Å². The zero-order valence-electron chi connectivity index (χ0n) is 18.0. The number of fused-ring (bicyclic) bond motifs is 1. The molecule has 4 rings (SSSR count). The minimum atomic E-state index is -3.56. The molecule has 0 bridgehead atoms. The van der Waals surface area contributed by atoms with Crippen molar-refractivity contribution in [2.24, 2.45) is 0 Å². The van der Waals surface area contributed by atoms with E-state index in [-0.39, 0.29) is 5.75 Å². The third kappa shape index (κ3) is 4.18. The fourth-order valence-electron chi connectivity index (χ4n) is 3.73. The second-order valence-electron chi connectivity index (χ2n) is 7.45. The Labute approximate surface area is 186 Å². The summed E-state index contributed by atoms with van der Waals surface area (Å²) in [5, 5.41) is 0.703. The van der Waals surface area contributed by atoms with Crippen LogP contribution in [-0.2, 0) is 22.0 Å². The molecule has 32 heavy (non-hydrogen) atoms. The van der Waals surface area contributed by atoms with Crippen LogP contribution in [-0.4, -0.2) is 30.5 Å². The van der Waals surface area contributed by atoms with Crippen LogP contribution in [0.3, 0.4) is 0 Å². The Balaban J connectivity index is 1.75. The van der Waals surface area contributed by atoms with Crippen LogP contribution in [0, 0.1) is 13.0 Å². The van der Waals surface area contributed by atoms with Gasteiger partial charge in [-0.1, -0.05) is 25.1 Å². The SMILES string of the molecule is CCc1cc(-c2ccc(CS(=O)(=O)c3ccccc3C)nc2OC)cc2cnc(F)nc12. The molecule has 0 spiro atoms. The van der Waals surface area contributed by atoms with Gasteiger partial charge in [0, 0.05) is 17.1 Å². The molecule has 0 N–H and O–H groups in total. The van der Waals surface area contributed by atoms with Crippen LogP contribution in [0.5, 0.6) is 5.88 Å². The number of nitrogens with zero attached hydrogens (tertiary/aromatic N) is 3. The van der Waals surface area contributed by atoms with E-state index < -0.39 is 15.9 Å². The number of methoxy groups -OCH3 is 1. The van der Waals surface area contributed by atoms with Crippen molar-refractivity contribution in [1.29, 1.82) is 0 Å². The van der Waals surface area contributed by atoms with Crippen molar-refractivity contribution in [3.8, 4) is 17.0 Å². The quantitative estimate of drug-likeness (QED) is 0.396. The van der Waals surface area contributed by atoms with Crippen molar-refractivity contribution in [2.45, 2.75) is 30.9 Å². The van der Waals surface area contributed by atoms with Gasteiger partial charge in [0.15, 0.2) is 9.84 Å². The first-order chi connectivity index (χ1) is 15.3. The van der Waals surface area contributed by atoms with E-state index in [4.69, 9.17) is 4.74 Å². The number of hydrogen-bond acceptors (Lipinski definition) is 6. The van der Waals surface area contributed by atoms with Gasteiger partial charge in [-0.05, 0) is 60.4 Å². The number of ether oxygens (including phenoxy) is 1. The highest BCUT2D eigenvalue weighted by Gasteiger charge is 2.20. The predicted octanol–water partition coefficient (Wildman–Crippen LogP) is 4.68. The number of pyridine rings is 1. The second kappa shape index (κ2) is 8.63. The first-order valence-electron chi connectivity index (χ1n) is 10.1. The summed E-state index contributed by atoms with van der Waals surface area (Å²) < 4.78 is 44.8. The lowest BCUT2D eigenvalue weighted by Gasteiger charge is -2.13. The van der Waals surface area contributed by atoms with Crippen molar-refractivity contribution >= 4 is 20.7 Å². The minimum Gasteiger partial charge on any atom is -0.481 e. The molecular weight excluding hydrogens is 429 g/mol. The summed E-state index contributed by atoms with van der Waals surface area (Å²) in [6, 6.07) is 14.1. The summed E-state index contributed by atoms with van der Waals surface area (Å²) in [4.78, 5) is 12.3. The molecule has 8 heteroatoms. The number of aryl methyl sites for hydroxylation is 2. The highest BCUT2D eigenvalue weighted by Crippen LogP contribution is 2.33. The summed E-state index contributed by atoms with van der Waals surface area (Å²) >= 11 is 0. The Morgan fingerprint density at radius 3 is 2.56 bits per heavy atom. The molecule has 0 aliphatic heterocycles. The fraction of sp³-hybridized carbons (Fsp3) is 0.208. The van der Waals surface area contributed by atoms with Gasteiger partial charge in [-0.15, -0.1) is 0 Å². The molecule has 6 nitrogen and oxygen atoms in total. The zero-order valence-corrected chi connectivity index (χ0v) is 18.8. The Bertz CT molecular complexity index is 1420. The summed E-state index contributed by atoms with van der Waals surface area (Å²) in [6.07, 6.45) is 1.34. The summed E-state index contributed by atoms with van der Waals surface area (Å²) in [7, 11) is -2.07. The Kier molecular flexibility index (Phi) is 5.88. The summed E-state index contributed by atoms with van der Waals surface area (Å²) in [5.74, 6) is 0.0754. The van der Waals surface area contributed by atoms with E-state index in [0.29, 0.717) is 44.9 Å². The number of hydrogen-bond donors (Lipinski definition) is 0. The second-order valence-corrected chi connectivity index (χ2v) is 9.41. The molecule has 0 saturated carbocycles. The smallest absolute Gasteiger partial charge is 0.309 e. The van der Waals surface area contributed by atoms with E-state index in [1.165, 1.54) is 13.3 Å². The average molecular weight is 452 g/mol. The standard InChI is InChI=1S/C24H22FN3O3S/c1-4-16-11-17(12-18-13-26-24(25)28-22(16)18)20-10-9-19(27-23(20)31-3)14-32(29,30)21-8-6-5-7-15(21)2/h5-13H,4,14H2,1-3H3.